The van der Waals surface area contributed by atoms with Crippen LogP contribution in [0.5, 0.6) is 17.2 Å². The molecule has 0 radical (unpaired) electrons. The predicted molar refractivity (Wildman–Crippen MR) is 144 cm³/mol. The maximum atomic E-state index is 13.1. The van der Waals surface area contributed by atoms with Gasteiger partial charge in [0.15, 0.2) is 17.1 Å². The lowest BCUT2D eigenvalue weighted by Gasteiger charge is -2.14. The second-order valence-electron chi connectivity index (χ2n) is 9.32. The Balaban J connectivity index is 1.82. The van der Waals surface area contributed by atoms with Crippen LogP contribution < -0.4 is 19.8 Å². The standard InChI is InChI=1S/C28H42N4O4/c1-6-8-9-10-11-12-13-14-16-32-27-25(21(31-32)15-7-2)28(33)30-24(29-27)19-20-17-22(34-3)26(36-5)23(18-20)35-4/h17-18H,6-16,19H2,1-5H3,(H,29,30,33). The largest absolute Gasteiger partial charge is 0.493 e. The van der Waals surface area contributed by atoms with Crippen molar-refractivity contribution in [3.8, 4) is 17.2 Å². The van der Waals surface area contributed by atoms with Crippen LogP contribution in [0, 0.1) is 0 Å². The van der Waals surface area contributed by atoms with Crippen LogP contribution in [0.1, 0.15) is 88.7 Å². The first-order valence-corrected chi connectivity index (χ1v) is 13.3. The van der Waals surface area contributed by atoms with Crippen molar-refractivity contribution >= 4 is 11.0 Å². The SMILES string of the molecule is CCCCCCCCCCn1nc(CCC)c2c(=O)[nH]c(Cc3cc(OC)c(OC)c(OC)c3)nc21. The van der Waals surface area contributed by atoms with Crippen molar-refractivity contribution < 1.29 is 14.2 Å². The molecule has 0 amide bonds. The van der Waals surface area contributed by atoms with Gasteiger partial charge in [-0.1, -0.05) is 65.2 Å². The van der Waals surface area contributed by atoms with E-state index in [0.717, 1.165) is 43.5 Å². The fourth-order valence-corrected chi connectivity index (χ4v) is 4.67. The molecule has 0 atom stereocenters. The van der Waals surface area contributed by atoms with Crippen molar-refractivity contribution in [3.05, 3.63) is 39.6 Å². The van der Waals surface area contributed by atoms with Gasteiger partial charge < -0.3 is 19.2 Å². The van der Waals surface area contributed by atoms with Crippen LogP contribution >= 0.6 is 0 Å². The summed E-state index contributed by atoms with van der Waals surface area (Å²) in [5.41, 5.74) is 2.27. The number of aromatic amines is 1. The third kappa shape index (κ3) is 6.80. The zero-order valence-corrected chi connectivity index (χ0v) is 22.6. The summed E-state index contributed by atoms with van der Waals surface area (Å²) in [6.07, 6.45) is 12.1. The second kappa shape index (κ2) is 13.9. The molecular formula is C28H42N4O4. The highest BCUT2D eigenvalue weighted by molar-refractivity contribution is 5.77. The molecular weight excluding hydrogens is 456 g/mol. The number of methoxy groups -OCH3 is 3. The maximum Gasteiger partial charge on any atom is 0.262 e. The Hall–Kier alpha value is -3.03. The lowest BCUT2D eigenvalue weighted by Crippen LogP contribution is -2.14. The summed E-state index contributed by atoms with van der Waals surface area (Å²) >= 11 is 0. The Morgan fingerprint density at radius 3 is 2.08 bits per heavy atom. The zero-order chi connectivity index (χ0) is 25.9. The van der Waals surface area contributed by atoms with Crippen molar-refractivity contribution in [2.24, 2.45) is 0 Å². The summed E-state index contributed by atoms with van der Waals surface area (Å²) in [7, 11) is 4.76. The normalized spacial score (nSPS) is 11.2. The molecule has 0 saturated carbocycles. The lowest BCUT2D eigenvalue weighted by molar-refractivity contribution is 0.324. The van der Waals surface area contributed by atoms with Gasteiger partial charge in [-0.25, -0.2) is 9.67 Å². The minimum absolute atomic E-state index is 0.131. The van der Waals surface area contributed by atoms with Crippen LogP contribution in [0.3, 0.4) is 0 Å². The summed E-state index contributed by atoms with van der Waals surface area (Å²) in [6.45, 7) is 5.12. The van der Waals surface area contributed by atoms with E-state index in [0.29, 0.717) is 40.5 Å². The van der Waals surface area contributed by atoms with E-state index in [9.17, 15) is 4.79 Å². The van der Waals surface area contributed by atoms with Gasteiger partial charge in [-0.05, 0) is 30.5 Å². The topological polar surface area (TPSA) is 91.3 Å². The average Bonchev–Trinajstić information content (AvgIpc) is 3.22. The number of hydrogen-bond donors (Lipinski definition) is 1. The molecule has 1 aromatic carbocycles. The number of rotatable bonds is 16. The van der Waals surface area contributed by atoms with Gasteiger partial charge in [0.05, 0.1) is 27.0 Å². The third-order valence-electron chi connectivity index (χ3n) is 6.53. The number of fused-ring (bicyclic) bond motifs is 1. The average molecular weight is 499 g/mol. The van der Waals surface area contributed by atoms with Gasteiger partial charge in [0.1, 0.15) is 11.2 Å². The highest BCUT2D eigenvalue weighted by Crippen LogP contribution is 2.38. The molecule has 0 aliphatic heterocycles. The number of aromatic nitrogens is 4. The molecule has 2 heterocycles. The van der Waals surface area contributed by atoms with Crippen molar-refractivity contribution in [1.29, 1.82) is 0 Å². The van der Waals surface area contributed by atoms with Gasteiger partial charge in [-0.15, -0.1) is 0 Å². The van der Waals surface area contributed by atoms with Gasteiger partial charge >= 0.3 is 0 Å². The van der Waals surface area contributed by atoms with E-state index in [1.54, 1.807) is 21.3 Å². The molecule has 0 unspecified atom stereocenters. The molecule has 3 rings (SSSR count). The molecule has 0 saturated heterocycles. The van der Waals surface area contributed by atoms with E-state index < -0.39 is 0 Å². The summed E-state index contributed by atoms with van der Waals surface area (Å²) in [5.74, 6) is 2.26. The van der Waals surface area contributed by atoms with Crippen LogP contribution in [0.25, 0.3) is 11.0 Å². The van der Waals surface area contributed by atoms with Crippen molar-refractivity contribution in [2.75, 3.05) is 21.3 Å². The molecule has 0 fully saturated rings. The van der Waals surface area contributed by atoms with Crippen molar-refractivity contribution in [3.63, 3.8) is 0 Å². The number of hydrogen-bond acceptors (Lipinski definition) is 6. The molecule has 36 heavy (non-hydrogen) atoms. The highest BCUT2D eigenvalue weighted by Gasteiger charge is 2.18. The van der Waals surface area contributed by atoms with E-state index in [1.165, 1.54) is 38.5 Å². The summed E-state index contributed by atoms with van der Waals surface area (Å²) in [4.78, 5) is 21.0. The number of nitrogens with one attached hydrogen (secondary N) is 1. The number of unbranched alkanes of at least 4 members (excludes halogenated alkanes) is 7. The van der Waals surface area contributed by atoms with Crippen molar-refractivity contribution in [1.82, 2.24) is 19.7 Å². The maximum absolute atomic E-state index is 13.1. The van der Waals surface area contributed by atoms with Crippen LogP contribution in [0.15, 0.2) is 16.9 Å². The molecule has 1 N–H and O–H groups in total. The van der Waals surface area contributed by atoms with Gasteiger partial charge in [0.25, 0.3) is 5.56 Å². The molecule has 3 aromatic rings. The summed E-state index contributed by atoms with van der Waals surface area (Å²) in [5, 5.41) is 5.42. The highest BCUT2D eigenvalue weighted by atomic mass is 16.5. The van der Waals surface area contributed by atoms with E-state index in [2.05, 4.69) is 18.8 Å². The monoisotopic (exact) mass is 498 g/mol. The van der Waals surface area contributed by atoms with E-state index in [4.69, 9.17) is 24.3 Å². The van der Waals surface area contributed by atoms with Crippen LogP contribution in [-0.2, 0) is 19.4 Å². The Kier molecular flexibility index (Phi) is 10.6. The lowest BCUT2D eigenvalue weighted by atomic mass is 10.1. The molecule has 0 spiro atoms. The van der Waals surface area contributed by atoms with E-state index in [-0.39, 0.29) is 5.56 Å². The summed E-state index contributed by atoms with van der Waals surface area (Å²) in [6, 6.07) is 3.76. The molecule has 198 valence electrons. The van der Waals surface area contributed by atoms with Gasteiger partial charge in [0.2, 0.25) is 5.75 Å². The minimum atomic E-state index is -0.131. The molecule has 2 aromatic heterocycles. The van der Waals surface area contributed by atoms with Crippen LogP contribution in [0.4, 0.5) is 0 Å². The Bertz CT molecular complexity index is 1140. The molecule has 0 aliphatic rings. The fraction of sp³-hybridized carbons (Fsp3) is 0.607. The Morgan fingerprint density at radius 2 is 1.50 bits per heavy atom. The smallest absolute Gasteiger partial charge is 0.262 e. The number of nitrogens with zero attached hydrogens (tertiary/aromatic N) is 3. The number of H-pyrrole nitrogens is 1. The molecule has 0 bridgehead atoms. The van der Waals surface area contributed by atoms with Crippen LogP contribution in [-0.4, -0.2) is 41.1 Å². The van der Waals surface area contributed by atoms with Gasteiger partial charge in [0, 0.05) is 13.0 Å². The predicted octanol–water partition coefficient (Wildman–Crippen LogP) is 5.83. The third-order valence-corrected chi connectivity index (χ3v) is 6.53. The number of ether oxygens (including phenoxy) is 3. The molecule has 8 nitrogen and oxygen atoms in total. The first-order valence-electron chi connectivity index (χ1n) is 13.3. The van der Waals surface area contributed by atoms with Gasteiger partial charge in [-0.2, -0.15) is 5.10 Å². The Morgan fingerprint density at radius 1 is 0.861 bits per heavy atom. The first kappa shape index (κ1) is 27.6. The Labute approximate surface area is 214 Å². The van der Waals surface area contributed by atoms with Gasteiger partial charge in [-0.3, -0.25) is 4.79 Å². The first-order chi connectivity index (χ1) is 17.6. The number of benzene rings is 1. The quantitative estimate of drug-likeness (QED) is 0.250. The second-order valence-corrected chi connectivity index (χ2v) is 9.32. The van der Waals surface area contributed by atoms with Crippen molar-refractivity contribution in [2.45, 2.75) is 91.0 Å². The number of aryl methyl sites for hydroxylation is 2. The molecule has 8 heteroatoms. The fourth-order valence-electron chi connectivity index (χ4n) is 4.67. The minimum Gasteiger partial charge on any atom is -0.493 e. The molecule has 0 aliphatic carbocycles. The van der Waals surface area contributed by atoms with E-state index >= 15 is 0 Å². The summed E-state index contributed by atoms with van der Waals surface area (Å²) < 4.78 is 18.3. The van der Waals surface area contributed by atoms with E-state index in [1.807, 2.05) is 16.8 Å². The van der Waals surface area contributed by atoms with Crippen LogP contribution in [0.2, 0.25) is 0 Å². The zero-order valence-electron chi connectivity index (χ0n) is 22.6.